The molecule has 0 heterocycles. The summed E-state index contributed by atoms with van der Waals surface area (Å²) in [4.78, 5) is 35.8. The van der Waals surface area contributed by atoms with Crippen molar-refractivity contribution in [3.8, 4) is 11.1 Å². The molecule has 2 aromatic carbocycles. The van der Waals surface area contributed by atoms with Crippen molar-refractivity contribution >= 4 is 18.2 Å². The third-order valence-electron chi connectivity index (χ3n) is 5.70. The standard InChI is InChI=1S/C27H34N2O7/c1-17(13-14-28-25(32)36-27(2,3)4)34-16-23(24(30)31)29-26(33)35-15-22-20-11-7-5-9-18(20)19-10-6-8-12-21(19)22/h5-12,17,22-23H,13-16H2,1-4H3,(H,28,32)(H,29,33)(H,30,31)/t17-,23-/m0/s1. The van der Waals surface area contributed by atoms with Gasteiger partial charge in [-0.2, -0.15) is 0 Å². The molecule has 9 heteroatoms. The molecule has 36 heavy (non-hydrogen) atoms. The fraction of sp³-hybridized carbons (Fsp3) is 0.444. The number of ether oxygens (including phenoxy) is 3. The Kier molecular flexibility index (Phi) is 8.93. The number of hydrogen-bond acceptors (Lipinski definition) is 6. The smallest absolute Gasteiger partial charge is 0.407 e. The largest absolute Gasteiger partial charge is 0.480 e. The summed E-state index contributed by atoms with van der Waals surface area (Å²) in [5.74, 6) is -1.36. The molecule has 1 aliphatic rings. The number of fused-ring (bicyclic) bond motifs is 3. The zero-order valence-corrected chi connectivity index (χ0v) is 21.1. The normalized spacial score (nSPS) is 14.2. The number of aliphatic carboxylic acids is 1. The number of rotatable bonds is 10. The van der Waals surface area contributed by atoms with Crippen molar-refractivity contribution in [3.05, 3.63) is 59.7 Å². The van der Waals surface area contributed by atoms with Gasteiger partial charge in [0.25, 0.3) is 0 Å². The van der Waals surface area contributed by atoms with Crippen LogP contribution in [0.3, 0.4) is 0 Å². The van der Waals surface area contributed by atoms with E-state index in [4.69, 9.17) is 14.2 Å². The Bertz CT molecular complexity index is 1030. The lowest BCUT2D eigenvalue weighted by atomic mass is 9.98. The van der Waals surface area contributed by atoms with Crippen LogP contribution in [-0.2, 0) is 19.0 Å². The third kappa shape index (κ3) is 7.45. The Hall–Kier alpha value is -3.59. The summed E-state index contributed by atoms with van der Waals surface area (Å²) in [5.41, 5.74) is 3.76. The molecule has 0 radical (unpaired) electrons. The van der Waals surface area contributed by atoms with Crippen molar-refractivity contribution < 1.29 is 33.7 Å². The van der Waals surface area contributed by atoms with E-state index in [1.54, 1.807) is 27.7 Å². The van der Waals surface area contributed by atoms with Crippen LogP contribution in [0.5, 0.6) is 0 Å². The van der Waals surface area contributed by atoms with Crippen molar-refractivity contribution in [2.45, 2.75) is 57.8 Å². The lowest BCUT2D eigenvalue weighted by molar-refractivity contribution is -0.141. The molecule has 1 aliphatic carbocycles. The van der Waals surface area contributed by atoms with Crippen LogP contribution in [0.4, 0.5) is 9.59 Å². The van der Waals surface area contributed by atoms with Crippen molar-refractivity contribution in [1.82, 2.24) is 10.6 Å². The molecule has 0 fully saturated rings. The van der Waals surface area contributed by atoms with Gasteiger partial charge in [0.2, 0.25) is 0 Å². The number of carbonyl (C=O) groups is 3. The highest BCUT2D eigenvalue weighted by atomic mass is 16.6. The van der Waals surface area contributed by atoms with Crippen molar-refractivity contribution in [1.29, 1.82) is 0 Å². The van der Waals surface area contributed by atoms with Gasteiger partial charge < -0.3 is 30.0 Å². The number of carboxylic acids is 1. The Labute approximate surface area is 211 Å². The highest BCUT2D eigenvalue weighted by molar-refractivity contribution is 5.81. The first-order valence-corrected chi connectivity index (χ1v) is 12.0. The summed E-state index contributed by atoms with van der Waals surface area (Å²) >= 11 is 0. The molecule has 0 aliphatic heterocycles. The van der Waals surface area contributed by atoms with Gasteiger partial charge in [0.05, 0.1) is 12.7 Å². The molecule has 194 valence electrons. The molecule has 2 aromatic rings. The minimum atomic E-state index is -1.28. The molecule has 0 spiro atoms. The third-order valence-corrected chi connectivity index (χ3v) is 5.70. The van der Waals surface area contributed by atoms with E-state index in [1.165, 1.54) is 0 Å². The molecular formula is C27H34N2O7. The fourth-order valence-electron chi connectivity index (χ4n) is 3.99. The summed E-state index contributed by atoms with van der Waals surface area (Å²) in [7, 11) is 0. The molecule has 0 aromatic heterocycles. The van der Waals surface area contributed by atoms with Gasteiger partial charge in [-0.05, 0) is 56.4 Å². The monoisotopic (exact) mass is 498 g/mol. The number of amides is 2. The van der Waals surface area contributed by atoms with Gasteiger partial charge >= 0.3 is 18.2 Å². The Morgan fingerprint density at radius 2 is 1.56 bits per heavy atom. The molecule has 2 atom stereocenters. The molecule has 3 N–H and O–H groups in total. The summed E-state index contributed by atoms with van der Waals surface area (Å²) in [5, 5.41) is 14.5. The predicted molar refractivity (Wildman–Crippen MR) is 134 cm³/mol. The van der Waals surface area contributed by atoms with E-state index < -0.39 is 29.8 Å². The second-order valence-corrected chi connectivity index (χ2v) is 9.72. The number of nitrogens with one attached hydrogen (secondary N) is 2. The van der Waals surface area contributed by atoms with E-state index in [2.05, 4.69) is 10.6 Å². The zero-order valence-electron chi connectivity index (χ0n) is 21.1. The van der Waals surface area contributed by atoms with Gasteiger partial charge in [0.15, 0.2) is 6.04 Å². The zero-order chi connectivity index (χ0) is 26.3. The molecule has 0 unspecified atom stereocenters. The molecule has 9 nitrogen and oxygen atoms in total. The Balaban J connectivity index is 1.46. The molecule has 0 saturated heterocycles. The van der Waals surface area contributed by atoms with Crippen LogP contribution in [0.2, 0.25) is 0 Å². The minimum absolute atomic E-state index is 0.0831. The second kappa shape index (κ2) is 11.9. The quantitative estimate of drug-likeness (QED) is 0.446. The number of alkyl carbamates (subject to hydrolysis) is 2. The average molecular weight is 499 g/mol. The van der Waals surface area contributed by atoms with Crippen molar-refractivity contribution in [3.63, 3.8) is 0 Å². The second-order valence-electron chi connectivity index (χ2n) is 9.72. The highest BCUT2D eigenvalue weighted by Crippen LogP contribution is 2.44. The van der Waals surface area contributed by atoms with Crippen LogP contribution < -0.4 is 10.6 Å². The van der Waals surface area contributed by atoms with Gasteiger partial charge in [0.1, 0.15) is 12.2 Å². The van der Waals surface area contributed by atoms with Gasteiger partial charge in [-0.25, -0.2) is 14.4 Å². The Morgan fingerprint density at radius 1 is 0.972 bits per heavy atom. The molecular weight excluding hydrogens is 464 g/mol. The maximum Gasteiger partial charge on any atom is 0.407 e. The molecule has 0 saturated carbocycles. The first kappa shape index (κ1) is 27.0. The number of hydrogen-bond donors (Lipinski definition) is 3. The fourth-order valence-corrected chi connectivity index (χ4v) is 3.99. The van der Waals surface area contributed by atoms with Crippen LogP contribution in [0, 0.1) is 0 Å². The Morgan fingerprint density at radius 3 is 2.11 bits per heavy atom. The summed E-state index contributed by atoms with van der Waals surface area (Å²) < 4.78 is 16.2. The van der Waals surface area contributed by atoms with Gasteiger partial charge in [-0.15, -0.1) is 0 Å². The van der Waals surface area contributed by atoms with E-state index in [0.717, 1.165) is 22.3 Å². The number of carboxylic acid groups (broad SMARTS) is 1. The van der Waals surface area contributed by atoms with E-state index in [0.29, 0.717) is 13.0 Å². The topological polar surface area (TPSA) is 123 Å². The molecule has 2 amide bonds. The number of benzene rings is 2. The van der Waals surface area contributed by atoms with Crippen LogP contribution in [0.1, 0.15) is 51.2 Å². The predicted octanol–water partition coefficient (Wildman–Crippen LogP) is 4.30. The van der Waals surface area contributed by atoms with Crippen molar-refractivity contribution in [2.75, 3.05) is 19.8 Å². The summed E-state index contributed by atoms with van der Waals surface area (Å²) in [6, 6.07) is 14.6. The van der Waals surface area contributed by atoms with E-state index >= 15 is 0 Å². The SMILES string of the molecule is C[C@@H](CCNC(=O)OC(C)(C)C)OC[C@H](NC(=O)OCC1c2ccccc2-c2ccccc21)C(=O)O. The summed E-state index contributed by atoms with van der Waals surface area (Å²) in [6.07, 6.45) is -1.27. The lowest BCUT2D eigenvalue weighted by Gasteiger charge is -2.21. The summed E-state index contributed by atoms with van der Waals surface area (Å²) in [6.45, 7) is 7.21. The van der Waals surface area contributed by atoms with Crippen molar-refractivity contribution in [2.24, 2.45) is 0 Å². The maximum absolute atomic E-state index is 12.4. The van der Waals surface area contributed by atoms with Crippen LogP contribution in [-0.4, -0.2) is 60.8 Å². The van der Waals surface area contributed by atoms with Gasteiger partial charge in [-0.1, -0.05) is 48.5 Å². The minimum Gasteiger partial charge on any atom is -0.480 e. The van der Waals surface area contributed by atoms with Crippen LogP contribution >= 0.6 is 0 Å². The van der Waals surface area contributed by atoms with E-state index in [-0.39, 0.29) is 25.2 Å². The van der Waals surface area contributed by atoms with Gasteiger partial charge in [0, 0.05) is 12.5 Å². The van der Waals surface area contributed by atoms with Crippen LogP contribution in [0.15, 0.2) is 48.5 Å². The van der Waals surface area contributed by atoms with Crippen LogP contribution in [0.25, 0.3) is 11.1 Å². The average Bonchev–Trinajstić information content (AvgIpc) is 3.13. The molecule has 3 rings (SSSR count). The van der Waals surface area contributed by atoms with Gasteiger partial charge in [-0.3, -0.25) is 0 Å². The number of carbonyl (C=O) groups excluding carboxylic acids is 2. The van der Waals surface area contributed by atoms with E-state index in [9.17, 15) is 19.5 Å². The highest BCUT2D eigenvalue weighted by Gasteiger charge is 2.30. The van der Waals surface area contributed by atoms with E-state index in [1.807, 2.05) is 48.5 Å². The first-order chi connectivity index (χ1) is 17.0. The lowest BCUT2D eigenvalue weighted by Crippen LogP contribution is -2.45. The maximum atomic E-state index is 12.4. The first-order valence-electron chi connectivity index (χ1n) is 12.0. The molecule has 0 bridgehead atoms.